The van der Waals surface area contributed by atoms with E-state index in [1.54, 1.807) is 12.1 Å². The van der Waals surface area contributed by atoms with Crippen molar-refractivity contribution < 1.29 is 18.6 Å². The lowest BCUT2D eigenvalue weighted by atomic mass is 10.0. The molecular weight excluding hydrogens is 673 g/mol. The fourth-order valence-corrected chi connectivity index (χ4v) is 7.35. The number of H-pyrrole nitrogens is 4. The van der Waals surface area contributed by atoms with Gasteiger partial charge in [0.05, 0.1) is 4.92 Å². The number of nitro groups is 1. The fourth-order valence-electron chi connectivity index (χ4n) is 7.35. The molecule has 0 saturated carbocycles. The summed E-state index contributed by atoms with van der Waals surface area (Å²) in [5.41, 5.74) is 11.3. The highest BCUT2D eigenvalue weighted by molar-refractivity contribution is 5.84. The van der Waals surface area contributed by atoms with Crippen LogP contribution in [0.15, 0.2) is 146 Å². The summed E-state index contributed by atoms with van der Waals surface area (Å²) in [4.78, 5) is 26.7. The summed E-state index contributed by atoms with van der Waals surface area (Å²) in [6.45, 7) is 0. The summed E-state index contributed by atoms with van der Waals surface area (Å²) < 4.78 is 6.07. The largest absolute Gasteiger partial charge is 0.354 e. The number of fused-ring (bicyclic) bond motifs is 8. The molecule has 1 aromatic carbocycles. The van der Waals surface area contributed by atoms with Gasteiger partial charge in [0.25, 0.3) is 5.69 Å². The zero-order valence-electron chi connectivity index (χ0n) is 30.0. The van der Waals surface area contributed by atoms with Gasteiger partial charge in [-0.05, 0) is 70.8 Å². The predicted octanol–water partition coefficient (Wildman–Crippen LogP) is 2.68. The van der Waals surface area contributed by atoms with Crippen LogP contribution in [-0.4, -0.2) is 24.9 Å². The molecule has 0 aliphatic carbocycles. The van der Waals surface area contributed by atoms with Crippen molar-refractivity contribution in [1.82, 2.24) is 19.9 Å². The van der Waals surface area contributed by atoms with Crippen molar-refractivity contribution in [2.75, 3.05) is 0 Å². The molecule has 8 aromatic rings. The van der Waals surface area contributed by atoms with Gasteiger partial charge in [-0.1, -0.05) is 12.1 Å². The third-order valence-corrected chi connectivity index (χ3v) is 10.0. The second-order valence-corrected chi connectivity index (χ2v) is 13.7. The Morgan fingerprint density at radius 2 is 0.759 bits per heavy atom. The van der Waals surface area contributed by atoms with Crippen LogP contribution in [0.25, 0.3) is 22.3 Å². The molecule has 0 radical (unpaired) electrons. The standard InChI is InChI=1S/C44H35N8O2/c1-49-21-15-28(16-22-49)41-33-7-9-35(45-33)42(29-17-23-50(2)24-18-29)37-11-13-39(47-37)44(31-5-4-6-32(27-31)52(53)54)40-14-12-38(48-40)43(36-10-8-34(41)46-36)30-19-25-51(3)26-20-30/h4-27H,1-3H3,(H2,45,46,47,48)/q+1/p+2. The zero-order valence-corrected chi connectivity index (χ0v) is 30.0. The number of aryl methyl sites for hydroxylation is 3. The minimum absolute atomic E-state index is 0.0246. The first-order valence-corrected chi connectivity index (χ1v) is 17.7. The van der Waals surface area contributed by atoms with E-state index >= 15 is 0 Å². The van der Waals surface area contributed by atoms with E-state index in [0.717, 1.165) is 83.2 Å². The summed E-state index contributed by atoms with van der Waals surface area (Å²) in [5, 5.41) is 15.6. The zero-order chi connectivity index (χ0) is 36.9. The molecule has 10 heteroatoms. The van der Waals surface area contributed by atoms with Crippen LogP contribution in [0.4, 0.5) is 5.69 Å². The van der Waals surface area contributed by atoms with Crippen LogP contribution in [0, 0.1) is 10.1 Å². The number of nitrogens with one attached hydrogen (secondary N) is 4. The number of benzene rings is 1. The Bertz CT molecular complexity index is 2980. The molecule has 1 aliphatic heterocycles. The molecule has 0 fully saturated rings. The van der Waals surface area contributed by atoms with Crippen LogP contribution in [0.3, 0.4) is 0 Å². The van der Waals surface area contributed by atoms with Gasteiger partial charge in [-0.2, -0.15) is 0 Å². The Kier molecular flexibility index (Phi) is 7.85. The average Bonchev–Trinajstić information content (AvgIpc) is 4.02. The number of rotatable bonds is 5. The lowest BCUT2D eigenvalue weighted by Gasteiger charge is -2.09. The van der Waals surface area contributed by atoms with E-state index in [9.17, 15) is 10.1 Å². The van der Waals surface area contributed by atoms with Crippen LogP contribution in [0.1, 0.15) is 45.0 Å². The second kappa shape index (κ2) is 13.0. The summed E-state index contributed by atoms with van der Waals surface area (Å²) >= 11 is 0. The molecule has 0 saturated heterocycles. The van der Waals surface area contributed by atoms with E-state index in [4.69, 9.17) is 0 Å². The van der Waals surface area contributed by atoms with Crippen LogP contribution in [0.2, 0.25) is 0 Å². The molecule has 8 bridgehead atoms. The third kappa shape index (κ3) is 5.85. The number of non-ortho nitro benzene ring substituents is 1. The van der Waals surface area contributed by atoms with E-state index in [-0.39, 0.29) is 10.6 Å². The molecule has 9 rings (SSSR count). The Morgan fingerprint density at radius 3 is 1.09 bits per heavy atom. The molecule has 262 valence electrons. The molecule has 8 heterocycles. The molecule has 10 nitrogen and oxygen atoms in total. The van der Waals surface area contributed by atoms with Gasteiger partial charge in [0, 0.05) is 115 Å². The molecule has 4 N–H and O–H groups in total. The van der Waals surface area contributed by atoms with Crippen LogP contribution in [0.5, 0.6) is 0 Å². The van der Waals surface area contributed by atoms with E-state index in [1.807, 2.05) is 65.7 Å². The number of hydrogen-bond acceptors (Lipinski definition) is 2. The Hall–Kier alpha value is -7.33. The molecule has 7 aromatic heterocycles. The van der Waals surface area contributed by atoms with Crippen molar-refractivity contribution in [3.05, 3.63) is 223 Å². The van der Waals surface area contributed by atoms with Gasteiger partial charge in [-0.25, -0.2) is 13.7 Å². The molecule has 1 aliphatic rings. The number of hydrogen-bond donors (Lipinski definition) is 4. The highest BCUT2D eigenvalue weighted by Gasteiger charge is 2.20. The van der Waals surface area contributed by atoms with Gasteiger partial charge in [0.15, 0.2) is 37.2 Å². The number of aromatic amines is 4. The third-order valence-electron chi connectivity index (χ3n) is 10.0. The Balaban J connectivity index is 1.43. The van der Waals surface area contributed by atoms with E-state index in [0.29, 0.717) is 5.56 Å². The molecule has 0 amide bonds. The monoisotopic (exact) mass is 709 g/mol. The molecular formula is C44H37N8O2+3. The van der Waals surface area contributed by atoms with Gasteiger partial charge in [0.2, 0.25) is 0 Å². The summed E-state index contributed by atoms with van der Waals surface area (Å²) in [5.74, 6) is 0. The van der Waals surface area contributed by atoms with E-state index in [1.165, 1.54) is 6.07 Å². The summed E-state index contributed by atoms with van der Waals surface area (Å²) in [7, 11) is 6.03. The van der Waals surface area contributed by atoms with Gasteiger partial charge in [0.1, 0.15) is 21.1 Å². The first kappa shape index (κ1) is 32.6. The van der Waals surface area contributed by atoms with Crippen molar-refractivity contribution in [3.63, 3.8) is 0 Å². The molecule has 54 heavy (non-hydrogen) atoms. The van der Waals surface area contributed by atoms with Gasteiger partial charge < -0.3 is 19.9 Å². The average molecular weight is 710 g/mol. The highest BCUT2D eigenvalue weighted by atomic mass is 16.6. The number of aromatic nitrogens is 7. The quantitative estimate of drug-likeness (QED) is 0.125. The Labute approximate surface area is 309 Å². The van der Waals surface area contributed by atoms with E-state index in [2.05, 4.69) is 117 Å². The molecule has 0 atom stereocenters. The van der Waals surface area contributed by atoms with E-state index < -0.39 is 0 Å². The topological polar surface area (TPSA) is 118 Å². The van der Waals surface area contributed by atoms with Gasteiger partial charge in [-0.3, -0.25) is 10.1 Å². The van der Waals surface area contributed by atoms with Gasteiger partial charge >= 0.3 is 0 Å². The summed E-state index contributed by atoms with van der Waals surface area (Å²) in [6, 6.07) is 36.3. The van der Waals surface area contributed by atoms with Gasteiger partial charge in [-0.15, -0.1) is 0 Å². The smallest absolute Gasteiger partial charge is 0.270 e. The highest BCUT2D eigenvalue weighted by Crippen LogP contribution is 2.28. The second-order valence-electron chi connectivity index (χ2n) is 13.7. The van der Waals surface area contributed by atoms with Crippen molar-refractivity contribution in [3.8, 4) is 0 Å². The number of pyridine rings is 3. The SMILES string of the molecule is C[n+]1ccc(C2=c3ccc([nH]3)=C(c3cc[n+](C)cc3)c3ccc([nH]3)C(c3cccc([N+](=O)[O-])c3)=c3ccc([nH]3)=C(c3cc[n+](C)cc3)c3ccc2[nH]3)cc1. The Morgan fingerprint density at radius 1 is 0.426 bits per heavy atom. The molecule has 0 unspecified atom stereocenters. The normalized spacial score (nSPS) is 12.7. The lowest BCUT2D eigenvalue weighted by Crippen LogP contribution is -2.26. The predicted molar refractivity (Wildman–Crippen MR) is 204 cm³/mol. The van der Waals surface area contributed by atoms with Crippen molar-refractivity contribution >= 4 is 28.0 Å². The van der Waals surface area contributed by atoms with Crippen LogP contribution in [-0.2, 0) is 21.1 Å². The van der Waals surface area contributed by atoms with Crippen LogP contribution < -0.4 is 35.1 Å². The first-order valence-electron chi connectivity index (χ1n) is 17.7. The minimum atomic E-state index is -0.352. The number of nitro benzene ring substituents is 1. The fraction of sp³-hybridized carbons (Fsp3) is 0.0682. The molecule has 0 spiro atoms. The van der Waals surface area contributed by atoms with Crippen molar-refractivity contribution in [1.29, 1.82) is 0 Å². The number of nitrogens with zero attached hydrogens (tertiary/aromatic N) is 4. The van der Waals surface area contributed by atoms with Crippen molar-refractivity contribution in [2.24, 2.45) is 21.1 Å². The van der Waals surface area contributed by atoms with Crippen LogP contribution >= 0.6 is 0 Å². The maximum atomic E-state index is 12.0. The first-order chi connectivity index (χ1) is 26.3. The minimum Gasteiger partial charge on any atom is -0.354 e. The summed E-state index contributed by atoms with van der Waals surface area (Å²) in [6.07, 6.45) is 12.3. The maximum absolute atomic E-state index is 12.0. The van der Waals surface area contributed by atoms with Crippen molar-refractivity contribution in [2.45, 2.75) is 0 Å². The lowest BCUT2D eigenvalue weighted by molar-refractivity contribution is -0.671. The maximum Gasteiger partial charge on any atom is 0.270 e.